The number of hydrogen-bond donors (Lipinski definition) is 1. The Balaban J connectivity index is 2.21. The summed E-state index contributed by atoms with van der Waals surface area (Å²) < 4.78 is 28.5. The molecule has 0 saturated carbocycles. The van der Waals surface area contributed by atoms with Crippen LogP contribution in [0.25, 0.3) is 0 Å². The fourth-order valence-corrected chi connectivity index (χ4v) is 2.10. The molecule has 0 aliphatic carbocycles. The number of aromatic nitrogens is 2. The summed E-state index contributed by atoms with van der Waals surface area (Å²) in [4.78, 5) is 11.6. The lowest BCUT2D eigenvalue weighted by Crippen LogP contribution is -2.12. The summed E-state index contributed by atoms with van der Waals surface area (Å²) in [5, 5.41) is 6.20. The molecule has 1 N–H and O–H groups in total. The highest BCUT2D eigenvalue weighted by Crippen LogP contribution is 2.25. The number of nitrogens with zero attached hydrogens (tertiary/aromatic N) is 2. The van der Waals surface area contributed by atoms with Crippen molar-refractivity contribution in [2.45, 2.75) is 13.3 Å². The van der Waals surface area contributed by atoms with E-state index in [1.54, 1.807) is 18.2 Å². The van der Waals surface area contributed by atoms with Crippen LogP contribution < -0.4 is 5.32 Å². The first-order chi connectivity index (χ1) is 8.99. The van der Waals surface area contributed by atoms with Gasteiger partial charge < -0.3 is 5.32 Å². The van der Waals surface area contributed by atoms with E-state index in [9.17, 15) is 13.6 Å². The standard InChI is InChI=1S/C11H8ClF2N3OS/c1-5-2-3-6(4-7(5)12)15-11(18)9-8(10(13)14)16-17-19-9/h2-4,10H,1H3,(H,15,18). The molecule has 0 aliphatic heterocycles. The van der Waals surface area contributed by atoms with Crippen LogP contribution in [0.1, 0.15) is 27.4 Å². The van der Waals surface area contributed by atoms with Gasteiger partial charge in [0.1, 0.15) is 4.88 Å². The van der Waals surface area contributed by atoms with Crippen LogP contribution in [0.2, 0.25) is 5.02 Å². The average Bonchev–Trinajstić information content (AvgIpc) is 2.83. The van der Waals surface area contributed by atoms with Gasteiger partial charge in [0.15, 0.2) is 5.69 Å². The van der Waals surface area contributed by atoms with Gasteiger partial charge in [-0.3, -0.25) is 4.79 Å². The van der Waals surface area contributed by atoms with Crippen molar-refractivity contribution in [3.05, 3.63) is 39.4 Å². The van der Waals surface area contributed by atoms with Gasteiger partial charge in [-0.25, -0.2) is 8.78 Å². The second-order valence-electron chi connectivity index (χ2n) is 3.71. The van der Waals surface area contributed by atoms with Crippen molar-refractivity contribution in [3.63, 3.8) is 0 Å². The molecule has 0 fully saturated rings. The zero-order valence-corrected chi connectivity index (χ0v) is 11.2. The molecule has 0 atom stereocenters. The molecule has 0 radical (unpaired) electrons. The lowest BCUT2D eigenvalue weighted by molar-refractivity contribution is 0.101. The van der Waals surface area contributed by atoms with Crippen LogP contribution in [0.3, 0.4) is 0 Å². The van der Waals surface area contributed by atoms with E-state index < -0.39 is 18.0 Å². The van der Waals surface area contributed by atoms with Crippen molar-refractivity contribution in [1.82, 2.24) is 9.59 Å². The largest absolute Gasteiger partial charge is 0.321 e. The molecule has 1 amide bonds. The number of carbonyl (C=O) groups excluding carboxylic acids is 1. The summed E-state index contributed by atoms with van der Waals surface area (Å²) in [7, 11) is 0. The van der Waals surface area contributed by atoms with Crippen LogP contribution in [0.4, 0.5) is 14.5 Å². The van der Waals surface area contributed by atoms with E-state index >= 15 is 0 Å². The van der Waals surface area contributed by atoms with E-state index in [4.69, 9.17) is 11.6 Å². The summed E-state index contributed by atoms with van der Waals surface area (Å²) in [6.45, 7) is 1.82. The Labute approximate surface area is 116 Å². The van der Waals surface area contributed by atoms with E-state index in [1.165, 1.54) is 0 Å². The predicted octanol–water partition coefficient (Wildman–Crippen LogP) is 3.69. The van der Waals surface area contributed by atoms with Gasteiger partial charge in [-0.1, -0.05) is 22.2 Å². The minimum Gasteiger partial charge on any atom is -0.321 e. The van der Waals surface area contributed by atoms with E-state index in [0.717, 1.165) is 5.56 Å². The number of alkyl halides is 2. The summed E-state index contributed by atoms with van der Waals surface area (Å²) >= 11 is 6.54. The summed E-state index contributed by atoms with van der Waals surface area (Å²) in [5.41, 5.74) is 0.669. The Morgan fingerprint density at radius 3 is 2.84 bits per heavy atom. The zero-order chi connectivity index (χ0) is 14.0. The Hall–Kier alpha value is -1.60. The third-order valence-electron chi connectivity index (χ3n) is 2.36. The minimum absolute atomic E-state index is 0.202. The number of benzene rings is 1. The number of nitrogens with one attached hydrogen (secondary N) is 1. The Kier molecular flexibility index (Phi) is 4.06. The molecule has 0 bridgehead atoms. The SMILES string of the molecule is Cc1ccc(NC(=O)c2snnc2C(F)F)cc1Cl. The number of halogens is 3. The van der Waals surface area contributed by atoms with Crippen molar-refractivity contribution in [3.8, 4) is 0 Å². The molecule has 1 aromatic carbocycles. The number of anilines is 1. The third kappa shape index (κ3) is 3.05. The van der Waals surface area contributed by atoms with Gasteiger partial charge in [-0.05, 0) is 36.2 Å². The molecular formula is C11H8ClF2N3OS. The van der Waals surface area contributed by atoms with Crippen molar-refractivity contribution >= 4 is 34.7 Å². The van der Waals surface area contributed by atoms with Crippen molar-refractivity contribution in [2.75, 3.05) is 5.32 Å². The normalized spacial score (nSPS) is 10.8. The second kappa shape index (κ2) is 5.58. The highest BCUT2D eigenvalue weighted by molar-refractivity contribution is 7.08. The van der Waals surface area contributed by atoms with Crippen LogP contribution in [-0.2, 0) is 0 Å². The molecule has 19 heavy (non-hydrogen) atoms. The molecule has 4 nitrogen and oxygen atoms in total. The number of amides is 1. The lowest BCUT2D eigenvalue weighted by Gasteiger charge is -2.06. The quantitative estimate of drug-likeness (QED) is 0.941. The number of carbonyl (C=O) groups is 1. The molecule has 100 valence electrons. The molecule has 1 aromatic heterocycles. The topological polar surface area (TPSA) is 54.9 Å². The fraction of sp³-hybridized carbons (Fsp3) is 0.182. The highest BCUT2D eigenvalue weighted by atomic mass is 35.5. The van der Waals surface area contributed by atoms with Gasteiger partial charge in [0.25, 0.3) is 12.3 Å². The first-order valence-electron chi connectivity index (χ1n) is 5.17. The summed E-state index contributed by atoms with van der Waals surface area (Å²) in [6.07, 6.45) is -2.83. The highest BCUT2D eigenvalue weighted by Gasteiger charge is 2.23. The van der Waals surface area contributed by atoms with E-state index in [2.05, 4.69) is 14.9 Å². The second-order valence-corrected chi connectivity index (χ2v) is 4.87. The summed E-state index contributed by atoms with van der Waals surface area (Å²) in [5.74, 6) is -0.676. The van der Waals surface area contributed by atoms with Crippen LogP contribution in [-0.4, -0.2) is 15.5 Å². The zero-order valence-electron chi connectivity index (χ0n) is 9.65. The molecule has 0 saturated heterocycles. The number of hydrogen-bond acceptors (Lipinski definition) is 4. The number of aryl methyl sites for hydroxylation is 1. The number of rotatable bonds is 3. The maximum absolute atomic E-state index is 12.6. The fourth-order valence-electron chi connectivity index (χ4n) is 1.36. The third-order valence-corrected chi connectivity index (χ3v) is 3.50. The van der Waals surface area contributed by atoms with E-state index in [-0.39, 0.29) is 4.88 Å². The van der Waals surface area contributed by atoms with E-state index in [0.29, 0.717) is 22.2 Å². The average molecular weight is 304 g/mol. The van der Waals surface area contributed by atoms with Crippen LogP contribution >= 0.6 is 23.1 Å². The maximum atomic E-state index is 12.6. The van der Waals surface area contributed by atoms with Crippen LogP contribution in [0.5, 0.6) is 0 Å². The van der Waals surface area contributed by atoms with Gasteiger partial charge in [-0.2, -0.15) is 0 Å². The van der Waals surface area contributed by atoms with E-state index in [1.807, 2.05) is 6.92 Å². The first-order valence-corrected chi connectivity index (χ1v) is 6.32. The molecule has 8 heteroatoms. The Morgan fingerprint density at radius 1 is 1.47 bits per heavy atom. The molecule has 0 unspecified atom stereocenters. The van der Waals surface area contributed by atoms with Crippen molar-refractivity contribution < 1.29 is 13.6 Å². The summed E-state index contributed by atoms with van der Waals surface area (Å²) in [6, 6.07) is 4.90. The molecule has 0 spiro atoms. The Bertz CT molecular complexity index is 618. The van der Waals surface area contributed by atoms with Gasteiger partial charge in [-0.15, -0.1) is 5.10 Å². The smallest absolute Gasteiger partial charge is 0.283 e. The van der Waals surface area contributed by atoms with Crippen molar-refractivity contribution in [1.29, 1.82) is 0 Å². The predicted molar refractivity (Wildman–Crippen MR) is 69.0 cm³/mol. The lowest BCUT2D eigenvalue weighted by atomic mass is 10.2. The van der Waals surface area contributed by atoms with Gasteiger partial charge >= 0.3 is 0 Å². The molecule has 1 heterocycles. The first kappa shape index (κ1) is 13.8. The van der Waals surface area contributed by atoms with Crippen LogP contribution in [0, 0.1) is 6.92 Å². The monoisotopic (exact) mass is 303 g/mol. The van der Waals surface area contributed by atoms with Crippen molar-refractivity contribution in [2.24, 2.45) is 0 Å². The Morgan fingerprint density at radius 2 is 2.21 bits per heavy atom. The minimum atomic E-state index is -2.83. The van der Waals surface area contributed by atoms with Gasteiger partial charge in [0.05, 0.1) is 0 Å². The maximum Gasteiger partial charge on any atom is 0.283 e. The van der Waals surface area contributed by atoms with Crippen LogP contribution in [0.15, 0.2) is 18.2 Å². The molecular weight excluding hydrogens is 296 g/mol. The van der Waals surface area contributed by atoms with Gasteiger partial charge in [0.2, 0.25) is 0 Å². The molecule has 0 aliphatic rings. The molecule has 2 aromatic rings. The molecule has 2 rings (SSSR count). The van der Waals surface area contributed by atoms with Gasteiger partial charge in [0, 0.05) is 10.7 Å².